The molecule has 4 heteroatoms. The molecule has 20 heavy (non-hydrogen) atoms. The van der Waals surface area contributed by atoms with E-state index in [2.05, 4.69) is 16.7 Å². The second kappa shape index (κ2) is 5.34. The Balaban J connectivity index is 1.91. The summed E-state index contributed by atoms with van der Waals surface area (Å²) in [7, 11) is 0. The molecule has 0 bridgehead atoms. The SMILES string of the molecule is CC1CN2CCCC2CN1c1ccc(F)cc1[C@H](C)O. The second-order valence-corrected chi connectivity index (χ2v) is 6.17. The van der Waals surface area contributed by atoms with Crippen molar-refractivity contribution < 1.29 is 9.50 Å². The number of piperazine rings is 1. The van der Waals surface area contributed by atoms with Gasteiger partial charge >= 0.3 is 0 Å². The van der Waals surface area contributed by atoms with Gasteiger partial charge < -0.3 is 10.0 Å². The fourth-order valence-corrected chi connectivity index (χ4v) is 3.64. The number of hydrogen-bond acceptors (Lipinski definition) is 3. The van der Waals surface area contributed by atoms with Crippen LogP contribution in [0.2, 0.25) is 0 Å². The minimum absolute atomic E-state index is 0.281. The molecule has 2 aliphatic heterocycles. The van der Waals surface area contributed by atoms with Crippen molar-refractivity contribution in [2.45, 2.75) is 44.9 Å². The standard InChI is InChI=1S/C16H23FN2O/c1-11-9-18-7-3-4-14(18)10-19(11)16-6-5-13(17)8-15(16)12(2)20/h5-6,8,11-12,14,20H,3-4,7,9-10H2,1-2H3/t11?,12-,14?/m0/s1. The Kier molecular flexibility index (Phi) is 3.69. The van der Waals surface area contributed by atoms with E-state index >= 15 is 0 Å². The van der Waals surface area contributed by atoms with Gasteiger partial charge in [0.05, 0.1) is 6.10 Å². The van der Waals surface area contributed by atoms with E-state index in [1.807, 2.05) is 6.07 Å². The number of aliphatic hydroxyl groups is 1. The van der Waals surface area contributed by atoms with E-state index in [1.54, 1.807) is 6.92 Å². The maximum absolute atomic E-state index is 13.4. The molecule has 0 saturated carbocycles. The second-order valence-electron chi connectivity index (χ2n) is 6.17. The summed E-state index contributed by atoms with van der Waals surface area (Å²) in [6.07, 6.45) is 1.88. The maximum Gasteiger partial charge on any atom is 0.123 e. The predicted molar refractivity (Wildman–Crippen MR) is 78.4 cm³/mol. The summed E-state index contributed by atoms with van der Waals surface area (Å²) in [5.41, 5.74) is 1.68. The van der Waals surface area contributed by atoms with Crippen LogP contribution in [-0.2, 0) is 0 Å². The molecular weight excluding hydrogens is 255 g/mol. The lowest BCUT2D eigenvalue weighted by atomic mass is 10.0. The summed E-state index contributed by atoms with van der Waals surface area (Å²) >= 11 is 0. The van der Waals surface area contributed by atoms with Crippen molar-refractivity contribution in [2.24, 2.45) is 0 Å². The molecule has 2 aliphatic rings. The first-order chi connectivity index (χ1) is 9.56. The zero-order valence-corrected chi connectivity index (χ0v) is 12.2. The van der Waals surface area contributed by atoms with Crippen molar-refractivity contribution in [1.29, 1.82) is 0 Å². The van der Waals surface area contributed by atoms with E-state index < -0.39 is 6.10 Å². The lowest BCUT2D eigenvalue weighted by molar-refractivity contribution is 0.192. The van der Waals surface area contributed by atoms with Crippen LogP contribution in [0.25, 0.3) is 0 Å². The third-order valence-corrected chi connectivity index (χ3v) is 4.69. The van der Waals surface area contributed by atoms with Crippen LogP contribution in [0, 0.1) is 5.82 Å². The van der Waals surface area contributed by atoms with Crippen LogP contribution in [-0.4, -0.2) is 41.7 Å². The van der Waals surface area contributed by atoms with Gasteiger partial charge in [-0.15, -0.1) is 0 Å². The number of hydrogen-bond donors (Lipinski definition) is 1. The summed E-state index contributed by atoms with van der Waals surface area (Å²) in [5.74, 6) is -0.281. The molecule has 2 fully saturated rings. The van der Waals surface area contributed by atoms with Crippen molar-refractivity contribution in [2.75, 3.05) is 24.5 Å². The molecule has 2 heterocycles. The summed E-state index contributed by atoms with van der Waals surface area (Å²) in [5, 5.41) is 9.93. The lowest BCUT2D eigenvalue weighted by Crippen LogP contribution is -2.55. The highest BCUT2D eigenvalue weighted by Gasteiger charge is 2.35. The van der Waals surface area contributed by atoms with Gasteiger partial charge in [-0.3, -0.25) is 4.90 Å². The van der Waals surface area contributed by atoms with Crippen molar-refractivity contribution in [1.82, 2.24) is 4.90 Å². The highest BCUT2D eigenvalue weighted by atomic mass is 19.1. The largest absolute Gasteiger partial charge is 0.389 e. The Labute approximate surface area is 120 Å². The number of halogens is 1. The number of nitrogens with zero attached hydrogens (tertiary/aromatic N) is 2. The van der Waals surface area contributed by atoms with E-state index in [1.165, 1.54) is 31.5 Å². The average molecular weight is 278 g/mol. The lowest BCUT2D eigenvalue weighted by Gasteiger charge is -2.44. The van der Waals surface area contributed by atoms with E-state index in [0.717, 1.165) is 18.8 Å². The zero-order valence-electron chi connectivity index (χ0n) is 12.2. The molecular formula is C16H23FN2O. The molecule has 0 radical (unpaired) electrons. The van der Waals surface area contributed by atoms with Gasteiger partial charge in [-0.2, -0.15) is 0 Å². The third kappa shape index (κ3) is 2.42. The van der Waals surface area contributed by atoms with Gasteiger partial charge in [-0.05, 0) is 51.4 Å². The molecule has 1 aromatic rings. The monoisotopic (exact) mass is 278 g/mol. The van der Waals surface area contributed by atoms with Crippen LogP contribution in [0.4, 0.5) is 10.1 Å². The maximum atomic E-state index is 13.4. The van der Waals surface area contributed by atoms with Crippen molar-refractivity contribution in [3.63, 3.8) is 0 Å². The summed E-state index contributed by atoms with van der Waals surface area (Å²) < 4.78 is 13.4. The molecule has 0 aliphatic carbocycles. The molecule has 0 spiro atoms. The molecule has 2 unspecified atom stereocenters. The van der Waals surface area contributed by atoms with Gasteiger partial charge in [0.25, 0.3) is 0 Å². The highest BCUT2D eigenvalue weighted by Crippen LogP contribution is 2.33. The van der Waals surface area contributed by atoms with E-state index in [-0.39, 0.29) is 5.82 Å². The minimum atomic E-state index is -0.644. The van der Waals surface area contributed by atoms with Crippen molar-refractivity contribution in [3.8, 4) is 0 Å². The molecule has 3 atom stereocenters. The van der Waals surface area contributed by atoms with Gasteiger partial charge in [-0.1, -0.05) is 0 Å². The number of aliphatic hydroxyl groups excluding tert-OH is 1. The molecule has 1 aromatic carbocycles. The Bertz CT molecular complexity index is 491. The summed E-state index contributed by atoms with van der Waals surface area (Å²) in [6, 6.07) is 5.78. The highest BCUT2D eigenvalue weighted by molar-refractivity contribution is 5.56. The minimum Gasteiger partial charge on any atom is -0.389 e. The number of fused-ring (bicyclic) bond motifs is 1. The van der Waals surface area contributed by atoms with Crippen LogP contribution in [0.15, 0.2) is 18.2 Å². The van der Waals surface area contributed by atoms with Crippen molar-refractivity contribution in [3.05, 3.63) is 29.6 Å². The Morgan fingerprint density at radius 1 is 1.35 bits per heavy atom. The van der Waals surface area contributed by atoms with E-state index in [0.29, 0.717) is 17.6 Å². The summed E-state index contributed by atoms with van der Waals surface area (Å²) in [6.45, 7) is 7.15. The fourth-order valence-electron chi connectivity index (χ4n) is 3.64. The topological polar surface area (TPSA) is 26.7 Å². The van der Waals surface area contributed by atoms with Gasteiger partial charge in [0.1, 0.15) is 5.82 Å². The van der Waals surface area contributed by atoms with Crippen LogP contribution in [0.3, 0.4) is 0 Å². The number of benzene rings is 1. The quantitative estimate of drug-likeness (QED) is 0.900. The van der Waals surface area contributed by atoms with Gasteiger partial charge in [0.15, 0.2) is 0 Å². The van der Waals surface area contributed by atoms with Crippen LogP contribution in [0.5, 0.6) is 0 Å². The smallest absolute Gasteiger partial charge is 0.123 e. The molecule has 3 nitrogen and oxygen atoms in total. The zero-order chi connectivity index (χ0) is 14.3. The van der Waals surface area contributed by atoms with E-state index in [4.69, 9.17) is 0 Å². The Morgan fingerprint density at radius 2 is 2.15 bits per heavy atom. The van der Waals surface area contributed by atoms with Gasteiger partial charge in [-0.25, -0.2) is 4.39 Å². The molecule has 1 N–H and O–H groups in total. The number of rotatable bonds is 2. The van der Waals surface area contributed by atoms with Crippen LogP contribution >= 0.6 is 0 Å². The first-order valence-electron chi connectivity index (χ1n) is 7.54. The number of anilines is 1. The molecule has 2 saturated heterocycles. The molecule has 0 amide bonds. The van der Waals surface area contributed by atoms with Crippen molar-refractivity contribution >= 4 is 5.69 Å². The van der Waals surface area contributed by atoms with E-state index in [9.17, 15) is 9.50 Å². The van der Waals surface area contributed by atoms with Gasteiger partial charge in [0, 0.05) is 36.4 Å². The molecule has 110 valence electrons. The molecule has 0 aromatic heterocycles. The first-order valence-corrected chi connectivity index (χ1v) is 7.54. The normalized spacial score (nSPS) is 28.5. The Morgan fingerprint density at radius 3 is 2.90 bits per heavy atom. The summed E-state index contributed by atoms with van der Waals surface area (Å²) in [4.78, 5) is 4.90. The van der Waals surface area contributed by atoms with Crippen LogP contribution < -0.4 is 4.90 Å². The molecule has 3 rings (SSSR count). The fraction of sp³-hybridized carbons (Fsp3) is 0.625. The first kappa shape index (κ1) is 13.8. The van der Waals surface area contributed by atoms with Gasteiger partial charge in [0.2, 0.25) is 0 Å². The van der Waals surface area contributed by atoms with Crippen LogP contribution in [0.1, 0.15) is 38.4 Å². The predicted octanol–water partition coefficient (Wildman–Crippen LogP) is 2.55. The average Bonchev–Trinajstić information content (AvgIpc) is 2.85. The third-order valence-electron chi connectivity index (χ3n) is 4.69. The Hall–Kier alpha value is -1.13.